The molecular formula is C15H19NO2S. The lowest BCUT2D eigenvalue weighted by atomic mass is 10.0. The van der Waals surface area contributed by atoms with Gasteiger partial charge in [0.15, 0.2) is 0 Å². The number of rotatable bonds is 6. The molecule has 0 bridgehead atoms. The zero-order valence-corrected chi connectivity index (χ0v) is 12.0. The molecule has 0 aliphatic rings. The molecule has 0 saturated heterocycles. The van der Waals surface area contributed by atoms with Crippen molar-refractivity contribution in [3.8, 4) is 11.5 Å². The molecule has 4 heteroatoms. The fourth-order valence-electron chi connectivity index (χ4n) is 1.87. The maximum absolute atomic E-state index is 6.18. The van der Waals surface area contributed by atoms with Gasteiger partial charge in [-0.15, -0.1) is 0 Å². The molecule has 2 aromatic rings. The Morgan fingerprint density at radius 3 is 2.68 bits per heavy atom. The molecule has 0 amide bonds. The normalized spacial score (nSPS) is 13.8. The van der Waals surface area contributed by atoms with Crippen LogP contribution in [0.3, 0.4) is 0 Å². The van der Waals surface area contributed by atoms with Crippen LogP contribution in [-0.4, -0.2) is 13.2 Å². The van der Waals surface area contributed by atoms with Crippen molar-refractivity contribution < 1.29 is 9.47 Å². The average Bonchev–Trinajstić information content (AvgIpc) is 2.98. The van der Waals surface area contributed by atoms with Gasteiger partial charge in [0, 0.05) is 17.7 Å². The van der Waals surface area contributed by atoms with Gasteiger partial charge in [-0.3, -0.25) is 0 Å². The fraction of sp³-hybridized carbons (Fsp3) is 0.333. The molecule has 102 valence electrons. The van der Waals surface area contributed by atoms with Gasteiger partial charge < -0.3 is 15.2 Å². The van der Waals surface area contributed by atoms with Crippen molar-refractivity contribution in [1.29, 1.82) is 0 Å². The molecule has 2 unspecified atom stereocenters. The van der Waals surface area contributed by atoms with Crippen molar-refractivity contribution in [2.24, 2.45) is 5.73 Å². The Morgan fingerprint density at radius 1 is 1.26 bits per heavy atom. The van der Waals surface area contributed by atoms with E-state index in [1.165, 1.54) is 0 Å². The summed E-state index contributed by atoms with van der Waals surface area (Å²) in [7, 11) is 1.65. The highest BCUT2D eigenvalue weighted by molar-refractivity contribution is 7.07. The number of hydrogen-bond donors (Lipinski definition) is 1. The van der Waals surface area contributed by atoms with Crippen molar-refractivity contribution in [2.45, 2.75) is 25.5 Å². The minimum absolute atomic E-state index is 0.0270. The number of ether oxygens (including phenoxy) is 2. The third kappa shape index (κ3) is 3.49. The van der Waals surface area contributed by atoms with E-state index in [4.69, 9.17) is 15.2 Å². The Bertz CT molecular complexity index is 499. The van der Waals surface area contributed by atoms with Crippen LogP contribution >= 0.6 is 11.3 Å². The first-order chi connectivity index (χ1) is 9.24. The minimum atomic E-state index is -0.122. The molecule has 0 radical (unpaired) electrons. The van der Waals surface area contributed by atoms with Crippen molar-refractivity contribution in [3.05, 3.63) is 46.7 Å². The van der Waals surface area contributed by atoms with Gasteiger partial charge in [0.05, 0.1) is 7.11 Å². The van der Waals surface area contributed by atoms with Crippen LogP contribution in [0.5, 0.6) is 11.5 Å². The zero-order chi connectivity index (χ0) is 13.7. The molecule has 2 rings (SSSR count). The number of methoxy groups -OCH3 is 1. The first kappa shape index (κ1) is 13.9. The molecule has 19 heavy (non-hydrogen) atoms. The summed E-state index contributed by atoms with van der Waals surface area (Å²) >= 11 is 1.65. The molecule has 0 aliphatic carbocycles. The van der Waals surface area contributed by atoms with Gasteiger partial charge in [-0.25, -0.2) is 0 Å². The van der Waals surface area contributed by atoms with Crippen molar-refractivity contribution in [1.82, 2.24) is 0 Å². The summed E-state index contributed by atoms with van der Waals surface area (Å²) in [6, 6.07) is 9.64. The molecule has 1 aromatic carbocycles. The van der Waals surface area contributed by atoms with Gasteiger partial charge in [-0.2, -0.15) is 11.3 Å². The molecule has 1 aromatic heterocycles. The van der Waals surface area contributed by atoms with Gasteiger partial charge in [-0.1, -0.05) is 13.0 Å². The smallest absolute Gasteiger partial charge is 0.140 e. The molecule has 0 fully saturated rings. The quantitative estimate of drug-likeness (QED) is 0.877. The standard InChI is InChI=1S/C15H19NO2S/c1-3-14(16)15(11-7-8-19-10-11)18-13-6-4-5-12(9-13)17-2/h4-10,14-15H,3,16H2,1-2H3. The zero-order valence-electron chi connectivity index (χ0n) is 11.2. The highest BCUT2D eigenvalue weighted by Gasteiger charge is 2.21. The molecule has 0 saturated carbocycles. The van der Waals surface area contributed by atoms with Crippen molar-refractivity contribution in [3.63, 3.8) is 0 Å². The molecule has 3 nitrogen and oxygen atoms in total. The first-order valence-corrected chi connectivity index (χ1v) is 7.27. The van der Waals surface area contributed by atoms with Crippen LogP contribution in [0.4, 0.5) is 0 Å². The largest absolute Gasteiger partial charge is 0.497 e. The van der Waals surface area contributed by atoms with E-state index in [9.17, 15) is 0 Å². The Morgan fingerprint density at radius 2 is 2.05 bits per heavy atom. The summed E-state index contributed by atoms with van der Waals surface area (Å²) in [6.45, 7) is 2.07. The highest BCUT2D eigenvalue weighted by Crippen LogP contribution is 2.28. The van der Waals surface area contributed by atoms with E-state index in [-0.39, 0.29) is 12.1 Å². The predicted octanol–water partition coefficient (Wildman–Crippen LogP) is 3.61. The van der Waals surface area contributed by atoms with Gasteiger partial charge in [0.1, 0.15) is 17.6 Å². The van der Waals surface area contributed by atoms with E-state index in [0.29, 0.717) is 0 Å². The molecule has 0 spiro atoms. The Balaban J connectivity index is 2.20. The first-order valence-electron chi connectivity index (χ1n) is 6.33. The molecule has 2 atom stereocenters. The summed E-state index contributed by atoms with van der Waals surface area (Å²) in [5, 5.41) is 4.13. The summed E-state index contributed by atoms with van der Waals surface area (Å²) in [5.41, 5.74) is 7.30. The van der Waals surface area contributed by atoms with E-state index >= 15 is 0 Å². The SMILES string of the molecule is CCC(N)C(Oc1cccc(OC)c1)c1ccsc1. The van der Waals surface area contributed by atoms with E-state index in [1.807, 2.05) is 29.6 Å². The van der Waals surface area contributed by atoms with Gasteiger partial charge >= 0.3 is 0 Å². The van der Waals surface area contributed by atoms with Gasteiger partial charge in [0.2, 0.25) is 0 Å². The Kier molecular flexibility index (Phi) is 4.82. The number of hydrogen-bond acceptors (Lipinski definition) is 4. The lowest BCUT2D eigenvalue weighted by Crippen LogP contribution is -2.31. The maximum Gasteiger partial charge on any atom is 0.140 e. The monoisotopic (exact) mass is 277 g/mol. The van der Waals surface area contributed by atoms with Crippen LogP contribution in [-0.2, 0) is 0 Å². The average molecular weight is 277 g/mol. The molecular weight excluding hydrogens is 258 g/mol. The Labute approximate surface area is 118 Å². The van der Waals surface area contributed by atoms with E-state index < -0.39 is 0 Å². The summed E-state index contributed by atoms with van der Waals surface area (Å²) < 4.78 is 11.3. The van der Waals surface area contributed by atoms with Crippen LogP contribution in [0, 0.1) is 0 Å². The minimum Gasteiger partial charge on any atom is -0.497 e. The predicted molar refractivity (Wildman–Crippen MR) is 78.9 cm³/mol. The topological polar surface area (TPSA) is 44.5 Å². The van der Waals surface area contributed by atoms with Crippen molar-refractivity contribution in [2.75, 3.05) is 7.11 Å². The second-order valence-electron chi connectivity index (χ2n) is 4.35. The van der Waals surface area contributed by atoms with Crippen LogP contribution in [0.25, 0.3) is 0 Å². The fourth-order valence-corrected chi connectivity index (χ4v) is 2.56. The van der Waals surface area contributed by atoms with E-state index in [2.05, 4.69) is 18.4 Å². The summed E-state index contributed by atoms with van der Waals surface area (Å²) in [4.78, 5) is 0. The van der Waals surface area contributed by atoms with Crippen LogP contribution < -0.4 is 15.2 Å². The van der Waals surface area contributed by atoms with E-state index in [1.54, 1.807) is 18.4 Å². The van der Waals surface area contributed by atoms with Crippen molar-refractivity contribution >= 4 is 11.3 Å². The van der Waals surface area contributed by atoms with Gasteiger partial charge in [-0.05, 0) is 35.4 Å². The summed E-state index contributed by atoms with van der Waals surface area (Å²) in [6.07, 6.45) is 0.744. The number of nitrogens with two attached hydrogens (primary N) is 1. The summed E-state index contributed by atoms with van der Waals surface area (Å²) in [5.74, 6) is 1.56. The highest BCUT2D eigenvalue weighted by atomic mass is 32.1. The Hall–Kier alpha value is -1.52. The lowest BCUT2D eigenvalue weighted by molar-refractivity contribution is 0.171. The third-order valence-electron chi connectivity index (χ3n) is 3.04. The van der Waals surface area contributed by atoms with Crippen LogP contribution in [0.15, 0.2) is 41.1 Å². The maximum atomic E-state index is 6.18. The van der Waals surface area contributed by atoms with E-state index in [0.717, 1.165) is 23.5 Å². The van der Waals surface area contributed by atoms with Crippen LogP contribution in [0.1, 0.15) is 25.0 Å². The number of thiophene rings is 1. The number of benzene rings is 1. The van der Waals surface area contributed by atoms with Gasteiger partial charge in [0.25, 0.3) is 0 Å². The van der Waals surface area contributed by atoms with Crippen LogP contribution in [0.2, 0.25) is 0 Å². The second kappa shape index (κ2) is 6.59. The molecule has 0 aliphatic heterocycles. The second-order valence-corrected chi connectivity index (χ2v) is 5.13. The third-order valence-corrected chi connectivity index (χ3v) is 3.74. The lowest BCUT2D eigenvalue weighted by Gasteiger charge is -2.24. The molecule has 2 N–H and O–H groups in total. The molecule has 1 heterocycles.